The molecule has 0 aliphatic heterocycles. The van der Waals surface area contributed by atoms with Crippen LogP contribution in [0.4, 0.5) is 4.39 Å². The lowest BCUT2D eigenvalue weighted by atomic mass is 10.1. The number of carbonyl (C=O) groups excluding carboxylic acids is 1. The van der Waals surface area contributed by atoms with E-state index in [1.165, 1.54) is 21.7 Å². The first-order valence-corrected chi connectivity index (χ1v) is 10.4. The number of aldehydes is 1. The summed E-state index contributed by atoms with van der Waals surface area (Å²) in [6, 6.07) is 11.1. The first-order valence-electron chi connectivity index (χ1n) is 8.93. The second-order valence-corrected chi connectivity index (χ2v) is 8.49. The van der Waals surface area contributed by atoms with Gasteiger partial charge in [0, 0.05) is 20.5 Å². The van der Waals surface area contributed by atoms with Crippen molar-refractivity contribution in [1.82, 2.24) is 19.7 Å². The minimum Gasteiger partial charge on any atom is -0.368 e. The van der Waals surface area contributed by atoms with Crippen LogP contribution in [0.3, 0.4) is 0 Å². The summed E-state index contributed by atoms with van der Waals surface area (Å²) >= 11 is 0. The molecule has 3 rings (SSSR count). The fourth-order valence-corrected chi connectivity index (χ4v) is 3.69. The molecular weight excluding hydrogens is 409 g/mol. The van der Waals surface area contributed by atoms with Crippen molar-refractivity contribution in [3.63, 3.8) is 0 Å². The van der Waals surface area contributed by atoms with Gasteiger partial charge in [-0.1, -0.05) is 29.8 Å². The molecule has 0 saturated heterocycles. The van der Waals surface area contributed by atoms with E-state index >= 15 is 0 Å². The van der Waals surface area contributed by atoms with E-state index in [2.05, 4.69) is 14.5 Å². The molecule has 3 aromatic rings. The van der Waals surface area contributed by atoms with Crippen molar-refractivity contribution in [2.24, 2.45) is 4.40 Å². The van der Waals surface area contributed by atoms with Crippen LogP contribution in [0.25, 0.3) is 5.69 Å². The summed E-state index contributed by atoms with van der Waals surface area (Å²) in [7, 11) is -0.816. The van der Waals surface area contributed by atoms with Gasteiger partial charge in [-0.3, -0.25) is 4.79 Å². The van der Waals surface area contributed by atoms with Crippen LogP contribution >= 0.6 is 0 Å². The molecule has 0 atom stereocenters. The predicted molar refractivity (Wildman–Crippen MR) is 110 cm³/mol. The third-order valence-corrected chi connectivity index (χ3v) is 5.32. The third kappa shape index (κ3) is 4.77. The van der Waals surface area contributed by atoms with E-state index in [-0.39, 0.29) is 16.4 Å². The molecule has 0 radical (unpaired) electrons. The second-order valence-electron chi connectivity index (χ2n) is 6.85. The van der Waals surface area contributed by atoms with Crippen molar-refractivity contribution in [3.8, 4) is 5.69 Å². The Kier molecular flexibility index (Phi) is 6.06. The van der Waals surface area contributed by atoms with E-state index in [9.17, 15) is 17.6 Å². The van der Waals surface area contributed by atoms with Gasteiger partial charge in [0.2, 0.25) is 5.82 Å². The Morgan fingerprint density at radius 1 is 1.20 bits per heavy atom. The topological polar surface area (TPSA) is 97.5 Å². The van der Waals surface area contributed by atoms with Gasteiger partial charge < -0.3 is 4.90 Å². The molecule has 1 aromatic heterocycles. The number of rotatable bonds is 7. The lowest BCUT2D eigenvalue weighted by Gasteiger charge is -2.09. The van der Waals surface area contributed by atoms with E-state index in [1.54, 1.807) is 14.1 Å². The maximum Gasteiger partial charge on any atom is 0.283 e. The molecule has 0 saturated carbocycles. The summed E-state index contributed by atoms with van der Waals surface area (Å²) in [6.45, 7) is 1.95. The maximum absolute atomic E-state index is 14.9. The first kappa shape index (κ1) is 21.3. The van der Waals surface area contributed by atoms with Gasteiger partial charge in [0.1, 0.15) is 23.7 Å². The van der Waals surface area contributed by atoms with Crippen LogP contribution < -0.4 is 0 Å². The van der Waals surface area contributed by atoms with Crippen molar-refractivity contribution in [3.05, 3.63) is 71.1 Å². The van der Waals surface area contributed by atoms with Crippen molar-refractivity contribution < 1.29 is 17.6 Å². The Labute approximate surface area is 173 Å². The predicted octanol–water partition coefficient (Wildman–Crippen LogP) is 2.40. The molecule has 8 nitrogen and oxygen atoms in total. The molecule has 0 aliphatic rings. The molecule has 0 bridgehead atoms. The Morgan fingerprint density at radius 2 is 1.97 bits per heavy atom. The van der Waals surface area contributed by atoms with E-state index < -0.39 is 15.8 Å². The quantitative estimate of drug-likeness (QED) is 0.325. The van der Waals surface area contributed by atoms with Gasteiger partial charge in [0.05, 0.1) is 4.90 Å². The molecule has 0 unspecified atom stereocenters. The number of hydrogen-bond donors (Lipinski definition) is 0. The molecular formula is C20H20FN5O3S. The molecule has 2 aromatic carbocycles. The van der Waals surface area contributed by atoms with Crippen LogP contribution in [0.1, 0.15) is 27.6 Å². The summed E-state index contributed by atoms with van der Waals surface area (Å²) in [5, 5.41) is 4.04. The number of aromatic nitrogens is 3. The zero-order chi connectivity index (χ0) is 21.9. The Balaban J connectivity index is 2.02. The highest BCUT2D eigenvalue weighted by atomic mass is 32.2. The molecule has 0 spiro atoms. The Bertz CT molecular complexity index is 1220. The van der Waals surface area contributed by atoms with Gasteiger partial charge >= 0.3 is 0 Å². The van der Waals surface area contributed by atoms with E-state index in [0.717, 1.165) is 23.5 Å². The van der Waals surface area contributed by atoms with Crippen LogP contribution in [0.5, 0.6) is 0 Å². The van der Waals surface area contributed by atoms with Gasteiger partial charge in [-0.15, -0.1) is 9.50 Å². The molecule has 0 aliphatic carbocycles. The van der Waals surface area contributed by atoms with Crippen LogP contribution in [-0.2, 0) is 16.4 Å². The Morgan fingerprint density at radius 3 is 2.60 bits per heavy atom. The SMILES string of the molecule is Cc1cccc(Cc2nc(C=O)nn2-c2ccc(S(=O)(=O)N=CN(C)C)cc2F)c1. The second kappa shape index (κ2) is 8.54. The summed E-state index contributed by atoms with van der Waals surface area (Å²) < 4.78 is 44.1. The maximum atomic E-state index is 14.9. The van der Waals surface area contributed by atoms with Gasteiger partial charge in [0.25, 0.3) is 10.0 Å². The largest absolute Gasteiger partial charge is 0.368 e. The number of sulfonamides is 1. The number of hydrogen-bond acceptors (Lipinski definition) is 5. The number of halogens is 1. The lowest BCUT2D eigenvalue weighted by Crippen LogP contribution is -2.11. The number of nitrogens with zero attached hydrogens (tertiary/aromatic N) is 5. The molecule has 0 N–H and O–H groups in total. The zero-order valence-electron chi connectivity index (χ0n) is 16.7. The van der Waals surface area contributed by atoms with Crippen LogP contribution in [0.15, 0.2) is 51.8 Å². The monoisotopic (exact) mass is 429 g/mol. The fraction of sp³-hybridized carbons (Fsp3) is 0.200. The van der Waals surface area contributed by atoms with Crippen molar-refractivity contribution in [2.75, 3.05) is 14.1 Å². The van der Waals surface area contributed by atoms with E-state index in [4.69, 9.17) is 0 Å². The van der Waals surface area contributed by atoms with Crippen LogP contribution in [-0.4, -0.2) is 54.8 Å². The summed E-state index contributed by atoms with van der Waals surface area (Å²) in [4.78, 5) is 16.5. The number of aryl methyl sites for hydroxylation is 1. The standard InChI is InChI=1S/C20H20FN5O3S/c1-14-5-4-6-15(9-14)10-20-23-19(12-27)24-26(20)18-8-7-16(11-17(18)21)30(28,29)22-13-25(2)3/h4-9,11-13H,10H2,1-3H3. The first-order chi connectivity index (χ1) is 14.2. The highest BCUT2D eigenvalue weighted by Gasteiger charge is 2.19. The van der Waals surface area contributed by atoms with Crippen LogP contribution in [0.2, 0.25) is 0 Å². The zero-order valence-corrected chi connectivity index (χ0v) is 17.5. The molecule has 0 amide bonds. The normalized spacial score (nSPS) is 11.7. The number of carbonyl (C=O) groups is 1. The lowest BCUT2D eigenvalue weighted by molar-refractivity contribution is 0.111. The minimum atomic E-state index is -4.05. The molecule has 30 heavy (non-hydrogen) atoms. The molecule has 10 heteroatoms. The summed E-state index contributed by atoms with van der Waals surface area (Å²) in [6.07, 6.45) is 1.91. The average Bonchev–Trinajstić information content (AvgIpc) is 3.09. The highest BCUT2D eigenvalue weighted by Crippen LogP contribution is 2.21. The number of benzene rings is 2. The molecule has 156 valence electrons. The molecule has 0 fully saturated rings. The van der Waals surface area contributed by atoms with Gasteiger partial charge in [-0.2, -0.15) is 8.42 Å². The third-order valence-electron chi connectivity index (χ3n) is 4.10. The van der Waals surface area contributed by atoms with Crippen molar-refractivity contribution in [1.29, 1.82) is 0 Å². The van der Waals surface area contributed by atoms with Gasteiger partial charge in [-0.25, -0.2) is 14.1 Å². The summed E-state index contributed by atoms with van der Waals surface area (Å²) in [5.41, 5.74) is 1.95. The van der Waals surface area contributed by atoms with Crippen molar-refractivity contribution >= 4 is 22.6 Å². The van der Waals surface area contributed by atoms with Gasteiger partial charge in [-0.05, 0) is 30.7 Å². The van der Waals surface area contributed by atoms with Gasteiger partial charge in [0.15, 0.2) is 6.29 Å². The van der Waals surface area contributed by atoms with E-state index in [0.29, 0.717) is 18.5 Å². The van der Waals surface area contributed by atoms with Crippen molar-refractivity contribution in [2.45, 2.75) is 18.2 Å². The fourth-order valence-electron chi connectivity index (χ4n) is 2.76. The average molecular weight is 429 g/mol. The summed E-state index contributed by atoms with van der Waals surface area (Å²) in [5.74, 6) is -0.573. The van der Waals surface area contributed by atoms with Crippen LogP contribution in [0, 0.1) is 12.7 Å². The smallest absolute Gasteiger partial charge is 0.283 e. The molecule has 1 heterocycles. The highest BCUT2D eigenvalue weighted by molar-refractivity contribution is 7.90. The minimum absolute atomic E-state index is 0.0196. The Hall–Kier alpha value is -3.40. The van der Waals surface area contributed by atoms with E-state index in [1.807, 2.05) is 31.2 Å².